The molecule has 0 N–H and O–H groups in total. The first-order valence-corrected chi connectivity index (χ1v) is 9.33. The third-order valence-electron chi connectivity index (χ3n) is 3.17. The molecule has 1 radical (unpaired) electrons. The zero-order chi connectivity index (χ0) is 17.7. The van der Waals surface area contributed by atoms with Gasteiger partial charge in [0.1, 0.15) is 0 Å². The minimum atomic E-state index is -2.31. The van der Waals surface area contributed by atoms with Crippen molar-refractivity contribution in [3.63, 3.8) is 0 Å². The van der Waals surface area contributed by atoms with E-state index in [1.165, 1.54) is 0 Å². The molecule has 2 aromatic rings. The van der Waals surface area contributed by atoms with Crippen LogP contribution in [0.4, 0.5) is 0 Å². The maximum atomic E-state index is 6.39. The van der Waals surface area contributed by atoms with Crippen LogP contribution in [0.5, 0.6) is 0 Å². The molecule has 0 nitrogen and oxygen atoms in total. The van der Waals surface area contributed by atoms with Crippen LogP contribution in [0.25, 0.3) is 10.8 Å². The van der Waals surface area contributed by atoms with Crippen molar-refractivity contribution in [2.24, 2.45) is 0 Å². The van der Waals surface area contributed by atoms with Gasteiger partial charge >= 0.3 is 0 Å². The minimum absolute atomic E-state index is 0.320. The van der Waals surface area contributed by atoms with E-state index in [4.69, 9.17) is 104 Å². The number of hydrogen-bond acceptors (Lipinski definition) is 0. The molecule has 0 atom stereocenters. The predicted octanol–water partition coefficient (Wildman–Crippen LogP) is 7.99. The Morgan fingerprint density at radius 2 is 1.35 bits per heavy atom. The zero-order valence-corrected chi connectivity index (χ0v) is 17.7. The van der Waals surface area contributed by atoms with Gasteiger partial charge in [-0.3, -0.25) is 0 Å². The third kappa shape index (κ3) is 3.59. The van der Waals surface area contributed by atoms with Crippen LogP contribution in [0.1, 0.15) is 5.56 Å². The highest BCUT2D eigenvalue weighted by Gasteiger charge is 2.68. The van der Waals surface area contributed by atoms with Gasteiger partial charge in [-0.05, 0) is 28.5 Å². The first-order valence-electron chi connectivity index (χ1n) is 5.93. The van der Waals surface area contributed by atoms with E-state index in [1.54, 1.807) is 24.3 Å². The number of fused-ring (bicyclic) bond motifs is 1. The molecule has 0 aliphatic heterocycles. The molecule has 0 amide bonds. The Labute approximate surface area is 178 Å². The van der Waals surface area contributed by atoms with E-state index in [2.05, 4.69) is 6.07 Å². The molecule has 0 heterocycles. The fourth-order valence-electron chi connectivity index (χ4n) is 1.87. The molecule has 0 aromatic heterocycles. The molecule has 0 spiro atoms. The lowest BCUT2D eigenvalue weighted by atomic mass is 10.0. The van der Waals surface area contributed by atoms with Crippen molar-refractivity contribution in [1.82, 2.24) is 0 Å². The molecule has 2 rings (SSSR count). The molecule has 0 fully saturated rings. The summed E-state index contributed by atoms with van der Waals surface area (Å²) in [6.45, 7) is 0. The fraction of sp³-hybridized carbons (Fsp3) is 0.286. The molecule has 0 saturated heterocycles. The Kier molecular flexibility index (Phi) is 6.10. The first-order chi connectivity index (χ1) is 10.3. The molecule has 0 aliphatic rings. The molecule has 23 heavy (non-hydrogen) atoms. The number of benzene rings is 2. The molecular weight excluding hydrogens is 487 g/mol. The second-order valence-electron chi connectivity index (χ2n) is 4.69. The Morgan fingerprint density at radius 1 is 0.739 bits per heavy atom. The van der Waals surface area contributed by atoms with Crippen molar-refractivity contribution < 1.29 is 0 Å². The van der Waals surface area contributed by atoms with Crippen LogP contribution < -0.4 is 0 Å². The summed E-state index contributed by atoms with van der Waals surface area (Å²) in [5.41, 5.74) is 0.320. The van der Waals surface area contributed by atoms with E-state index in [9.17, 15) is 0 Å². The zero-order valence-electron chi connectivity index (χ0n) is 10.9. The van der Waals surface area contributed by atoms with Gasteiger partial charge in [0, 0.05) is 0 Å². The molecule has 0 bridgehead atoms. The van der Waals surface area contributed by atoms with E-state index >= 15 is 0 Å². The van der Waals surface area contributed by atoms with Gasteiger partial charge in [-0.15, -0.1) is 0 Å². The van der Waals surface area contributed by atoms with Crippen LogP contribution in [0, 0.1) is 6.07 Å². The van der Waals surface area contributed by atoms with Gasteiger partial charge in [0.2, 0.25) is 8.13 Å². The van der Waals surface area contributed by atoms with Crippen LogP contribution in [0.3, 0.4) is 0 Å². The summed E-state index contributed by atoms with van der Waals surface area (Å²) < 4.78 is -8.81. The monoisotopic (exact) mass is 489 g/mol. The van der Waals surface area contributed by atoms with Gasteiger partial charge in [0.25, 0.3) is 0 Å². The van der Waals surface area contributed by atoms with Crippen molar-refractivity contribution in [2.45, 2.75) is 16.8 Å². The molecular formula is C14H6Cl9. The average molecular weight is 493 g/mol. The topological polar surface area (TPSA) is 0 Å². The highest BCUT2D eigenvalue weighted by Crippen LogP contribution is 2.65. The number of alkyl halides is 9. The van der Waals surface area contributed by atoms with Gasteiger partial charge in [-0.2, -0.15) is 0 Å². The van der Waals surface area contributed by atoms with Gasteiger partial charge in [-0.25, -0.2) is 0 Å². The summed E-state index contributed by atoms with van der Waals surface area (Å²) in [6, 6.07) is 13.5. The lowest BCUT2D eigenvalue weighted by Gasteiger charge is -2.44. The number of hydrogen-bond donors (Lipinski definition) is 0. The van der Waals surface area contributed by atoms with Gasteiger partial charge < -0.3 is 0 Å². The van der Waals surface area contributed by atoms with E-state index in [0.29, 0.717) is 5.56 Å². The van der Waals surface area contributed by atoms with Gasteiger partial charge in [-0.1, -0.05) is 135 Å². The van der Waals surface area contributed by atoms with Crippen molar-refractivity contribution in [3.05, 3.63) is 48.0 Å². The lowest BCUT2D eigenvalue weighted by molar-refractivity contribution is 0.600. The van der Waals surface area contributed by atoms with E-state index in [0.717, 1.165) is 10.8 Å². The molecule has 0 saturated carbocycles. The summed E-state index contributed by atoms with van der Waals surface area (Å²) in [7, 11) is 0. The maximum Gasteiger partial charge on any atom is 0.226 e. The van der Waals surface area contributed by atoms with Crippen molar-refractivity contribution in [2.75, 3.05) is 0 Å². The minimum Gasteiger partial charge on any atom is -0.0943 e. The normalized spacial score (nSPS) is 14.3. The molecule has 125 valence electrons. The van der Waals surface area contributed by atoms with Crippen LogP contribution in [0.15, 0.2) is 36.4 Å². The number of halogens is 9. The average Bonchev–Trinajstić information content (AvgIpc) is 2.45. The molecule has 9 heteroatoms. The van der Waals surface area contributed by atoms with Gasteiger partial charge in [0.15, 0.2) is 8.67 Å². The largest absolute Gasteiger partial charge is 0.226 e. The summed E-state index contributed by atoms with van der Waals surface area (Å²) in [5, 5.41) is 1.66. The van der Waals surface area contributed by atoms with Gasteiger partial charge in [0.05, 0.1) is 0 Å². The van der Waals surface area contributed by atoms with Crippen molar-refractivity contribution in [1.29, 1.82) is 0 Å². The van der Waals surface area contributed by atoms with Crippen molar-refractivity contribution >= 4 is 115 Å². The Balaban J connectivity index is 2.58. The smallest absolute Gasteiger partial charge is 0.0943 e. The van der Waals surface area contributed by atoms with Crippen LogP contribution in [-0.4, -0.2) is 12.5 Å². The Hall–Kier alpha value is 1.31. The maximum absolute atomic E-state index is 6.39. The Bertz CT molecular complexity index is 716. The summed E-state index contributed by atoms with van der Waals surface area (Å²) in [5.74, 6) is 0. The first kappa shape index (κ1) is 20.6. The predicted molar refractivity (Wildman–Crippen MR) is 105 cm³/mol. The molecule has 2 aromatic carbocycles. The highest BCUT2D eigenvalue weighted by molar-refractivity contribution is 6.80. The van der Waals surface area contributed by atoms with Crippen LogP contribution >= 0.6 is 104 Å². The van der Waals surface area contributed by atoms with E-state index in [1.807, 2.05) is 12.1 Å². The third-order valence-corrected chi connectivity index (χ3v) is 8.65. The second-order valence-corrected chi connectivity index (χ2v) is 11.0. The number of rotatable bonds is 3. The Morgan fingerprint density at radius 3 is 1.91 bits per heavy atom. The van der Waals surface area contributed by atoms with E-state index < -0.39 is 16.8 Å². The fourth-order valence-corrected chi connectivity index (χ4v) is 4.08. The summed E-state index contributed by atoms with van der Waals surface area (Å²) in [6.07, 6.45) is 0. The van der Waals surface area contributed by atoms with Crippen LogP contribution in [0.2, 0.25) is 0 Å². The highest BCUT2D eigenvalue weighted by atomic mass is 35.6. The quantitative estimate of drug-likeness (QED) is 0.381. The summed E-state index contributed by atoms with van der Waals surface area (Å²) in [4.78, 5) is 0. The molecule has 0 aliphatic carbocycles. The second kappa shape index (κ2) is 6.80. The standard InChI is InChI=1S/C14H6Cl9/c15-11(16,12(17,18)13(19,20)14(21,22)23)10-6-5-8-3-1-2-4-9(8)7-10/h1-3,5-7H. The van der Waals surface area contributed by atoms with Crippen LogP contribution in [-0.2, 0) is 4.33 Å². The van der Waals surface area contributed by atoms with E-state index in [-0.39, 0.29) is 0 Å². The van der Waals surface area contributed by atoms with Crippen molar-refractivity contribution in [3.8, 4) is 0 Å². The summed E-state index contributed by atoms with van der Waals surface area (Å²) >= 11 is 54.8. The molecule has 0 unspecified atom stereocenters. The lowest BCUT2D eigenvalue weighted by Crippen LogP contribution is -2.54. The SMILES string of the molecule is ClC(Cl)(Cl)C(Cl)(Cl)C(Cl)(Cl)C(Cl)(Cl)c1ccc2ccc[c]c2c1.